The van der Waals surface area contributed by atoms with Gasteiger partial charge in [-0.1, -0.05) is 41.9 Å². The highest BCUT2D eigenvalue weighted by molar-refractivity contribution is 6.30. The number of nitrogens with zero attached hydrogens (tertiary/aromatic N) is 2. The second kappa shape index (κ2) is 8.29. The predicted molar refractivity (Wildman–Crippen MR) is 98.8 cm³/mol. The van der Waals surface area contributed by atoms with Gasteiger partial charge in [0, 0.05) is 16.4 Å². The molecule has 0 radical (unpaired) electrons. The lowest BCUT2D eigenvalue weighted by Gasteiger charge is -2.39. The zero-order valence-corrected chi connectivity index (χ0v) is 14.8. The molecule has 136 valence electrons. The van der Waals surface area contributed by atoms with Crippen molar-refractivity contribution in [2.24, 2.45) is 0 Å². The smallest absolute Gasteiger partial charge is 0.239 e. The highest BCUT2D eigenvalue weighted by Crippen LogP contribution is 2.30. The summed E-state index contributed by atoms with van der Waals surface area (Å²) in [4.78, 5) is 28.5. The van der Waals surface area contributed by atoms with E-state index in [9.17, 15) is 14.9 Å². The van der Waals surface area contributed by atoms with Gasteiger partial charge < -0.3 is 4.79 Å². The summed E-state index contributed by atoms with van der Waals surface area (Å²) < 4.78 is 0. The summed E-state index contributed by atoms with van der Waals surface area (Å²) in [7, 11) is 0. The van der Waals surface area contributed by atoms with Gasteiger partial charge in [-0.2, -0.15) is 0 Å². The van der Waals surface area contributed by atoms with Crippen molar-refractivity contribution in [2.75, 3.05) is 5.06 Å². The van der Waals surface area contributed by atoms with Gasteiger partial charge in [-0.15, -0.1) is 0 Å². The lowest BCUT2D eigenvalue weighted by atomic mass is 9.93. The lowest BCUT2D eigenvalue weighted by Crippen LogP contribution is -2.53. The molecule has 1 fully saturated rings. The standard InChI is InChI=1S/C19H19ClN2O4/c20-15-8-6-14(7-9-15)12-19(22(24)25)18-11-10-17(13-23)26-21(18)16-4-2-1-3-5-16/h1-9,13,17-19H,10-12H2/t17-,18-,19?/m1/s1. The molecule has 0 N–H and O–H groups in total. The molecule has 0 amide bonds. The number of aldehydes is 1. The van der Waals surface area contributed by atoms with Crippen LogP contribution >= 0.6 is 11.6 Å². The molecule has 0 saturated carbocycles. The molecule has 1 aliphatic rings. The zero-order chi connectivity index (χ0) is 18.5. The molecule has 1 heterocycles. The molecule has 6 nitrogen and oxygen atoms in total. The number of hydroxylamine groups is 1. The number of rotatable bonds is 6. The van der Waals surface area contributed by atoms with Crippen LogP contribution in [0.5, 0.6) is 0 Å². The van der Waals surface area contributed by atoms with Crippen LogP contribution in [0.15, 0.2) is 54.6 Å². The highest BCUT2D eigenvalue weighted by atomic mass is 35.5. The second-order valence-corrected chi connectivity index (χ2v) is 6.71. The Bertz CT molecular complexity index is 754. The number of carbonyl (C=O) groups is 1. The molecule has 1 aliphatic heterocycles. The van der Waals surface area contributed by atoms with Crippen LogP contribution in [0.1, 0.15) is 18.4 Å². The maximum atomic E-state index is 11.8. The van der Waals surface area contributed by atoms with Crippen LogP contribution in [0.25, 0.3) is 0 Å². The van der Waals surface area contributed by atoms with Crippen molar-refractivity contribution in [1.29, 1.82) is 0 Å². The van der Waals surface area contributed by atoms with Crippen molar-refractivity contribution in [3.05, 3.63) is 75.3 Å². The number of nitro groups is 1. The Balaban J connectivity index is 1.88. The molecule has 1 unspecified atom stereocenters. The van der Waals surface area contributed by atoms with Crippen molar-refractivity contribution < 1.29 is 14.6 Å². The molecule has 2 aromatic rings. The Morgan fingerprint density at radius 2 is 1.88 bits per heavy atom. The molecule has 2 aromatic carbocycles. The lowest BCUT2D eigenvalue weighted by molar-refractivity contribution is -0.527. The molecule has 26 heavy (non-hydrogen) atoms. The third-order valence-electron chi connectivity index (χ3n) is 4.53. The fourth-order valence-corrected chi connectivity index (χ4v) is 3.34. The quantitative estimate of drug-likeness (QED) is 0.438. The molecular weight excluding hydrogens is 356 g/mol. The summed E-state index contributed by atoms with van der Waals surface area (Å²) in [6, 6.07) is 14.9. The van der Waals surface area contributed by atoms with Crippen LogP contribution < -0.4 is 5.06 Å². The van der Waals surface area contributed by atoms with E-state index in [1.54, 1.807) is 24.3 Å². The highest BCUT2D eigenvalue weighted by Gasteiger charge is 2.41. The van der Waals surface area contributed by atoms with E-state index >= 15 is 0 Å². The van der Waals surface area contributed by atoms with E-state index in [0.717, 1.165) is 11.8 Å². The zero-order valence-electron chi connectivity index (χ0n) is 14.0. The molecule has 3 rings (SSSR count). The van der Waals surface area contributed by atoms with E-state index in [0.29, 0.717) is 23.6 Å². The number of benzene rings is 2. The SMILES string of the molecule is O=C[C@H]1CC[C@H](C(Cc2ccc(Cl)cc2)[N+](=O)[O-])N(c2ccccc2)O1. The van der Waals surface area contributed by atoms with Gasteiger partial charge >= 0.3 is 0 Å². The fourth-order valence-electron chi connectivity index (χ4n) is 3.21. The molecular formula is C19H19ClN2O4. The van der Waals surface area contributed by atoms with Crippen LogP contribution in [0.3, 0.4) is 0 Å². The minimum Gasteiger partial charge on any atom is -0.300 e. The molecule has 1 saturated heterocycles. The molecule has 7 heteroatoms. The first-order valence-electron chi connectivity index (χ1n) is 8.43. The monoisotopic (exact) mass is 374 g/mol. The van der Waals surface area contributed by atoms with Gasteiger partial charge in [0.05, 0.1) is 5.69 Å². The van der Waals surface area contributed by atoms with Gasteiger partial charge in [-0.05, 0) is 42.7 Å². The Labute approximate surface area is 156 Å². The normalized spacial score (nSPS) is 21.2. The largest absolute Gasteiger partial charge is 0.300 e. The number of hydrogen-bond donors (Lipinski definition) is 0. The minimum atomic E-state index is -0.871. The van der Waals surface area contributed by atoms with Crippen molar-refractivity contribution in [3.63, 3.8) is 0 Å². The Kier molecular flexibility index (Phi) is 5.85. The third-order valence-corrected chi connectivity index (χ3v) is 4.78. The number of halogens is 1. The topological polar surface area (TPSA) is 72.7 Å². The van der Waals surface area contributed by atoms with Crippen molar-refractivity contribution in [1.82, 2.24) is 0 Å². The van der Waals surface area contributed by atoms with E-state index < -0.39 is 18.2 Å². The van der Waals surface area contributed by atoms with Gasteiger partial charge in [0.15, 0.2) is 6.29 Å². The molecule has 3 atom stereocenters. The Hall–Kier alpha value is -2.44. The third kappa shape index (κ3) is 4.20. The molecule has 0 bridgehead atoms. The summed E-state index contributed by atoms with van der Waals surface area (Å²) >= 11 is 5.90. The van der Waals surface area contributed by atoms with Gasteiger partial charge in [0.1, 0.15) is 12.1 Å². The van der Waals surface area contributed by atoms with Gasteiger partial charge in [0.25, 0.3) is 0 Å². The van der Waals surface area contributed by atoms with Gasteiger partial charge in [-0.25, -0.2) is 5.06 Å². The maximum absolute atomic E-state index is 11.8. The van der Waals surface area contributed by atoms with E-state index in [-0.39, 0.29) is 11.3 Å². The van der Waals surface area contributed by atoms with E-state index in [1.165, 1.54) is 5.06 Å². The van der Waals surface area contributed by atoms with Crippen LogP contribution in [-0.4, -0.2) is 29.4 Å². The van der Waals surface area contributed by atoms with Crippen LogP contribution in [0, 0.1) is 10.1 Å². The number of anilines is 1. The summed E-state index contributed by atoms with van der Waals surface area (Å²) in [5, 5.41) is 13.9. The fraction of sp³-hybridized carbons (Fsp3) is 0.316. The van der Waals surface area contributed by atoms with E-state index in [4.69, 9.17) is 16.4 Å². The average molecular weight is 375 g/mol. The van der Waals surface area contributed by atoms with Crippen LogP contribution in [0.4, 0.5) is 5.69 Å². The Morgan fingerprint density at radius 1 is 1.19 bits per heavy atom. The summed E-state index contributed by atoms with van der Waals surface area (Å²) in [6.07, 6.45) is 1.37. The van der Waals surface area contributed by atoms with Crippen LogP contribution in [0.2, 0.25) is 5.02 Å². The Morgan fingerprint density at radius 3 is 2.50 bits per heavy atom. The van der Waals surface area contributed by atoms with Gasteiger partial charge in [-0.3, -0.25) is 15.0 Å². The summed E-state index contributed by atoms with van der Waals surface area (Å²) in [6.45, 7) is 0. The molecule has 0 spiro atoms. The minimum absolute atomic E-state index is 0.257. The summed E-state index contributed by atoms with van der Waals surface area (Å²) in [5.41, 5.74) is 1.54. The summed E-state index contributed by atoms with van der Waals surface area (Å²) in [5.74, 6) is 0. The van der Waals surface area contributed by atoms with E-state index in [2.05, 4.69) is 0 Å². The van der Waals surface area contributed by atoms with Gasteiger partial charge in [0.2, 0.25) is 6.04 Å². The van der Waals surface area contributed by atoms with E-state index in [1.807, 2.05) is 30.3 Å². The number of carbonyl (C=O) groups excluding carboxylic acids is 1. The second-order valence-electron chi connectivity index (χ2n) is 6.27. The predicted octanol–water partition coefficient (Wildman–Crippen LogP) is 3.70. The maximum Gasteiger partial charge on any atom is 0.239 e. The number of para-hydroxylation sites is 1. The first-order chi connectivity index (χ1) is 12.6. The average Bonchev–Trinajstić information content (AvgIpc) is 2.67. The van der Waals surface area contributed by atoms with Crippen molar-refractivity contribution in [2.45, 2.75) is 37.5 Å². The molecule has 0 aromatic heterocycles. The first kappa shape index (κ1) is 18.4. The van der Waals surface area contributed by atoms with Crippen LogP contribution in [-0.2, 0) is 16.1 Å². The van der Waals surface area contributed by atoms with Crippen molar-refractivity contribution in [3.8, 4) is 0 Å². The number of hydrogen-bond acceptors (Lipinski definition) is 5. The first-order valence-corrected chi connectivity index (χ1v) is 8.80. The molecule has 0 aliphatic carbocycles. The van der Waals surface area contributed by atoms with Crippen molar-refractivity contribution >= 4 is 23.6 Å².